The molecule has 14 heavy (non-hydrogen) atoms. The second-order valence-electron chi connectivity index (χ2n) is 2.93. The second kappa shape index (κ2) is 4.14. The first kappa shape index (κ1) is 11.3. The molecule has 78 valence electrons. The van der Waals surface area contributed by atoms with Crippen LogP contribution >= 0.6 is 10.7 Å². The number of nitrogens with zero attached hydrogens (tertiary/aromatic N) is 1. The van der Waals surface area contributed by atoms with E-state index in [0.717, 1.165) is 0 Å². The smallest absolute Gasteiger partial charge is 0.278 e. The van der Waals surface area contributed by atoms with Crippen LogP contribution in [0.3, 0.4) is 0 Å². The summed E-state index contributed by atoms with van der Waals surface area (Å²) in [5, 5.41) is -0.197. The molecule has 0 spiro atoms. The lowest BCUT2D eigenvalue weighted by Crippen LogP contribution is -2.06. The molecule has 0 saturated heterocycles. The van der Waals surface area contributed by atoms with E-state index in [9.17, 15) is 8.42 Å². The molecule has 0 unspecified atom stereocenters. The fourth-order valence-corrected chi connectivity index (χ4v) is 1.57. The Bertz CT molecular complexity index is 416. The van der Waals surface area contributed by atoms with E-state index in [1.165, 1.54) is 12.3 Å². The van der Waals surface area contributed by atoms with E-state index in [4.69, 9.17) is 15.4 Å². The fourth-order valence-electron chi connectivity index (χ4n) is 0.870. The zero-order valence-electron chi connectivity index (χ0n) is 7.77. The summed E-state index contributed by atoms with van der Waals surface area (Å²) >= 11 is 0. The predicted molar refractivity (Wildman–Crippen MR) is 53.0 cm³/mol. The molecule has 0 aliphatic heterocycles. The Morgan fingerprint density at radius 2 is 2.14 bits per heavy atom. The maximum absolute atomic E-state index is 10.9. The van der Waals surface area contributed by atoms with Crippen molar-refractivity contribution in [2.75, 3.05) is 0 Å². The summed E-state index contributed by atoms with van der Waals surface area (Å²) < 4.78 is 27.1. The largest absolute Gasteiger partial charge is 0.491 e. The van der Waals surface area contributed by atoms with Gasteiger partial charge in [0.2, 0.25) is 0 Å². The van der Waals surface area contributed by atoms with Crippen molar-refractivity contribution < 1.29 is 13.2 Å². The summed E-state index contributed by atoms with van der Waals surface area (Å²) in [6.45, 7) is 3.69. The predicted octanol–water partition coefficient (Wildman–Crippen LogP) is 1.80. The van der Waals surface area contributed by atoms with Crippen LogP contribution in [0.5, 0.6) is 5.75 Å². The fraction of sp³-hybridized carbons (Fsp3) is 0.375. The molecule has 0 saturated carbocycles. The number of hydrogen-bond acceptors (Lipinski definition) is 4. The quantitative estimate of drug-likeness (QED) is 0.750. The molecular formula is C8H10ClNO3S. The monoisotopic (exact) mass is 235 g/mol. The lowest BCUT2D eigenvalue weighted by molar-refractivity contribution is 0.241. The molecule has 1 aromatic heterocycles. The standard InChI is InChI=1S/C8H10ClNO3S/c1-6(2)13-7-3-4-10-8(5-7)14(9,11)12/h3-6H,1-2H3. The van der Waals surface area contributed by atoms with Gasteiger partial charge in [-0.25, -0.2) is 13.4 Å². The Morgan fingerprint density at radius 1 is 1.50 bits per heavy atom. The van der Waals surface area contributed by atoms with Gasteiger partial charge in [0.1, 0.15) is 5.75 Å². The highest BCUT2D eigenvalue weighted by molar-refractivity contribution is 8.13. The number of rotatable bonds is 3. The number of pyridine rings is 1. The van der Waals surface area contributed by atoms with Gasteiger partial charge in [0, 0.05) is 22.9 Å². The summed E-state index contributed by atoms with van der Waals surface area (Å²) in [6, 6.07) is 2.87. The van der Waals surface area contributed by atoms with Crippen molar-refractivity contribution in [1.29, 1.82) is 0 Å². The Kier molecular flexibility index (Phi) is 3.34. The van der Waals surface area contributed by atoms with Gasteiger partial charge in [-0.2, -0.15) is 0 Å². The molecule has 0 bridgehead atoms. The van der Waals surface area contributed by atoms with Crippen molar-refractivity contribution in [1.82, 2.24) is 4.98 Å². The maximum Gasteiger partial charge on any atom is 0.278 e. The highest BCUT2D eigenvalue weighted by Crippen LogP contribution is 2.18. The molecule has 0 fully saturated rings. The van der Waals surface area contributed by atoms with Gasteiger partial charge in [0.15, 0.2) is 5.03 Å². The first-order valence-corrected chi connectivity index (χ1v) is 6.28. The Morgan fingerprint density at radius 3 is 2.64 bits per heavy atom. The van der Waals surface area contributed by atoms with Crippen LogP contribution in [0.1, 0.15) is 13.8 Å². The van der Waals surface area contributed by atoms with Crippen LogP contribution in [0.4, 0.5) is 0 Å². The van der Waals surface area contributed by atoms with E-state index in [1.54, 1.807) is 6.07 Å². The van der Waals surface area contributed by atoms with Crippen LogP contribution in [0.15, 0.2) is 23.4 Å². The molecule has 1 rings (SSSR count). The minimum absolute atomic E-state index is 0.0247. The highest BCUT2D eigenvalue weighted by atomic mass is 35.7. The number of hydrogen-bond donors (Lipinski definition) is 0. The first-order chi connectivity index (χ1) is 6.39. The van der Waals surface area contributed by atoms with Crippen molar-refractivity contribution in [3.05, 3.63) is 18.3 Å². The molecule has 4 nitrogen and oxygen atoms in total. The zero-order valence-corrected chi connectivity index (χ0v) is 9.34. The van der Waals surface area contributed by atoms with Gasteiger partial charge >= 0.3 is 0 Å². The molecule has 0 amide bonds. The molecule has 0 radical (unpaired) electrons. The van der Waals surface area contributed by atoms with Gasteiger partial charge in [0.25, 0.3) is 9.05 Å². The SMILES string of the molecule is CC(C)Oc1ccnc(S(=O)(=O)Cl)c1. The van der Waals surface area contributed by atoms with Crippen molar-refractivity contribution in [2.45, 2.75) is 25.0 Å². The van der Waals surface area contributed by atoms with Crippen LogP contribution in [0, 0.1) is 0 Å². The normalized spacial score (nSPS) is 11.7. The van der Waals surface area contributed by atoms with E-state index in [-0.39, 0.29) is 11.1 Å². The van der Waals surface area contributed by atoms with Crippen LogP contribution in [-0.4, -0.2) is 19.5 Å². The number of aromatic nitrogens is 1. The lowest BCUT2D eigenvalue weighted by Gasteiger charge is -2.09. The lowest BCUT2D eigenvalue weighted by atomic mass is 10.4. The van der Waals surface area contributed by atoms with Gasteiger partial charge in [0.05, 0.1) is 6.10 Å². The minimum Gasteiger partial charge on any atom is -0.491 e. The highest BCUT2D eigenvalue weighted by Gasteiger charge is 2.12. The third-order valence-corrected chi connectivity index (χ3v) is 2.53. The average Bonchev–Trinajstić information content (AvgIpc) is 2.01. The molecule has 1 aromatic rings. The van der Waals surface area contributed by atoms with Gasteiger partial charge in [-0.1, -0.05) is 0 Å². The Labute approximate surface area is 87.3 Å². The molecule has 0 atom stereocenters. The molecule has 0 aliphatic carbocycles. The van der Waals surface area contributed by atoms with Crippen LogP contribution < -0.4 is 4.74 Å². The number of ether oxygens (including phenoxy) is 1. The van der Waals surface area contributed by atoms with Gasteiger partial charge < -0.3 is 4.74 Å². The minimum atomic E-state index is -3.78. The van der Waals surface area contributed by atoms with E-state index in [2.05, 4.69) is 4.98 Å². The van der Waals surface area contributed by atoms with Crippen LogP contribution in [-0.2, 0) is 9.05 Å². The summed E-state index contributed by atoms with van der Waals surface area (Å²) in [4.78, 5) is 3.62. The van der Waals surface area contributed by atoms with Crippen LogP contribution in [0.25, 0.3) is 0 Å². The van der Waals surface area contributed by atoms with Gasteiger partial charge in [-0.15, -0.1) is 0 Å². The van der Waals surface area contributed by atoms with Crippen molar-refractivity contribution in [3.8, 4) is 5.75 Å². The molecule has 0 aromatic carbocycles. The average molecular weight is 236 g/mol. The number of halogens is 1. The maximum atomic E-state index is 10.9. The third kappa shape index (κ3) is 3.16. The van der Waals surface area contributed by atoms with E-state index in [0.29, 0.717) is 5.75 Å². The van der Waals surface area contributed by atoms with E-state index < -0.39 is 9.05 Å². The molecule has 0 aliphatic rings. The van der Waals surface area contributed by atoms with E-state index >= 15 is 0 Å². The second-order valence-corrected chi connectivity index (χ2v) is 5.45. The molecule has 1 heterocycles. The summed E-state index contributed by atoms with van der Waals surface area (Å²) in [5.41, 5.74) is 0. The summed E-state index contributed by atoms with van der Waals surface area (Å²) in [6.07, 6.45) is 1.32. The Hall–Kier alpha value is -0.810. The van der Waals surface area contributed by atoms with Gasteiger partial charge in [-0.05, 0) is 19.9 Å². The first-order valence-electron chi connectivity index (χ1n) is 3.97. The van der Waals surface area contributed by atoms with Crippen molar-refractivity contribution in [3.63, 3.8) is 0 Å². The zero-order chi connectivity index (χ0) is 10.8. The molecule has 6 heteroatoms. The Balaban J connectivity index is 3.02. The summed E-state index contributed by atoms with van der Waals surface area (Å²) in [5.74, 6) is 0.439. The third-order valence-electron chi connectivity index (χ3n) is 1.33. The van der Waals surface area contributed by atoms with Gasteiger partial charge in [-0.3, -0.25) is 0 Å². The summed E-state index contributed by atoms with van der Waals surface area (Å²) in [7, 11) is 1.34. The molecular weight excluding hydrogens is 226 g/mol. The molecule has 0 N–H and O–H groups in total. The van der Waals surface area contributed by atoms with Crippen molar-refractivity contribution >= 4 is 19.7 Å². The van der Waals surface area contributed by atoms with E-state index in [1.807, 2.05) is 13.8 Å². The topological polar surface area (TPSA) is 56.3 Å². The van der Waals surface area contributed by atoms with Crippen LogP contribution in [0.2, 0.25) is 0 Å². The van der Waals surface area contributed by atoms with Crippen molar-refractivity contribution in [2.24, 2.45) is 0 Å².